The summed E-state index contributed by atoms with van der Waals surface area (Å²) in [4.78, 5) is 4.10. The molecule has 2 heterocycles. The number of hydrogen-bond acceptors (Lipinski definition) is 5. The molecule has 0 aliphatic carbocycles. The van der Waals surface area contributed by atoms with Crippen LogP contribution in [0.3, 0.4) is 0 Å². The summed E-state index contributed by atoms with van der Waals surface area (Å²) in [6.07, 6.45) is 0. The molecule has 1 aromatic rings. The van der Waals surface area contributed by atoms with Crippen molar-refractivity contribution in [3.8, 4) is 0 Å². The lowest BCUT2D eigenvalue weighted by Crippen LogP contribution is -2.59. The van der Waals surface area contributed by atoms with Crippen molar-refractivity contribution in [2.24, 2.45) is 0 Å². The molecule has 0 amide bonds. The molecule has 0 bridgehead atoms. The number of ether oxygens (including phenoxy) is 1. The number of halogens is 2. The van der Waals surface area contributed by atoms with Gasteiger partial charge in [-0.1, -0.05) is 0 Å². The van der Waals surface area contributed by atoms with Gasteiger partial charge in [-0.3, -0.25) is 9.80 Å². The summed E-state index contributed by atoms with van der Waals surface area (Å²) < 4.78 is 56.6. The van der Waals surface area contributed by atoms with Gasteiger partial charge in [-0.2, -0.15) is 0 Å². The van der Waals surface area contributed by atoms with Crippen LogP contribution in [0.25, 0.3) is 0 Å². The van der Waals surface area contributed by atoms with Crippen molar-refractivity contribution in [1.29, 1.82) is 0 Å². The first kappa shape index (κ1) is 17.7. The standard InChI is InChI=1S/C16H22F2N2O3S/c1-23-7-6-19-4-5-20(16-11-24(21,22)10-15(16)19)9-12-8-13(17)2-3-14(12)18/h2-3,8,15-16H,4-7,9-11H2,1H3/t15-,16+/m1/s1. The molecule has 134 valence electrons. The zero-order valence-electron chi connectivity index (χ0n) is 13.6. The van der Waals surface area contributed by atoms with Crippen molar-refractivity contribution in [3.63, 3.8) is 0 Å². The van der Waals surface area contributed by atoms with E-state index >= 15 is 0 Å². The molecule has 2 fully saturated rings. The average molecular weight is 360 g/mol. The Hall–Kier alpha value is -1.09. The van der Waals surface area contributed by atoms with Crippen molar-refractivity contribution in [3.05, 3.63) is 35.4 Å². The van der Waals surface area contributed by atoms with E-state index in [9.17, 15) is 17.2 Å². The fourth-order valence-corrected chi connectivity index (χ4v) is 5.71. The number of hydrogen-bond donors (Lipinski definition) is 0. The molecule has 2 atom stereocenters. The lowest BCUT2D eigenvalue weighted by molar-refractivity contribution is 0.0247. The third-order valence-corrected chi connectivity index (χ3v) is 6.57. The van der Waals surface area contributed by atoms with Crippen molar-refractivity contribution in [2.75, 3.05) is 44.9 Å². The topological polar surface area (TPSA) is 49.9 Å². The smallest absolute Gasteiger partial charge is 0.153 e. The van der Waals surface area contributed by atoms with Gasteiger partial charge < -0.3 is 4.74 Å². The molecule has 3 rings (SSSR count). The third-order valence-electron chi connectivity index (χ3n) is 4.87. The van der Waals surface area contributed by atoms with Gasteiger partial charge in [-0.05, 0) is 18.2 Å². The Morgan fingerprint density at radius 3 is 2.54 bits per heavy atom. The Morgan fingerprint density at radius 2 is 1.83 bits per heavy atom. The Labute approximate surface area is 141 Å². The lowest BCUT2D eigenvalue weighted by atomic mass is 10.0. The molecule has 0 radical (unpaired) electrons. The van der Waals surface area contributed by atoms with E-state index in [-0.39, 0.29) is 35.7 Å². The molecule has 2 aliphatic rings. The summed E-state index contributed by atoms with van der Waals surface area (Å²) in [5.41, 5.74) is 0.267. The van der Waals surface area contributed by atoms with Crippen molar-refractivity contribution in [1.82, 2.24) is 9.80 Å². The number of piperazine rings is 1. The molecular weight excluding hydrogens is 338 g/mol. The molecule has 0 saturated carbocycles. The van der Waals surface area contributed by atoms with Crippen LogP contribution >= 0.6 is 0 Å². The molecule has 1 aromatic carbocycles. The number of fused-ring (bicyclic) bond motifs is 1. The van der Waals surface area contributed by atoms with Crippen molar-refractivity contribution >= 4 is 9.84 Å². The monoisotopic (exact) mass is 360 g/mol. The molecule has 2 saturated heterocycles. The quantitative estimate of drug-likeness (QED) is 0.781. The largest absolute Gasteiger partial charge is 0.383 e. The van der Waals surface area contributed by atoms with E-state index in [1.165, 1.54) is 6.07 Å². The van der Waals surface area contributed by atoms with Gasteiger partial charge in [0.05, 0.1) is 18.1 Å². The molecule has 0 aromatic heterocycles. The van der Waals surface area contributed by atoms with Crippen LogP contribution in [0.15, 0.2) is 18.2 Å². The van der Waals surface area contributed by atoms with Crippen LogP contribution < -0.4 is 0 Å². The van der Waals surface area contributed by atoms with E-state index in [1.807, 2.05) is 4.90 Å². The van der Waals surface area contributed by atoms with Gasteiger partial charge in [0.15, 0.2) is 9.84 Å². The van der Waals surface area contributed by atoms with E-state index in [2.05, 4.69) is 4.90 Å². The summed E-state index contributed by atoms with van der Waals surface area (Å²) in [5.74, 6) is -0.766. The van der Waals surface area contributed by atoms with Crippen LogP contribution in [-0.4, -0.2) is 75.2 Å². The van der Waals surface area contributed by atoms with Crippen LogP contribution in [0.5, 0.6) is 0 Å². The minimum absolute atomic E-state index is 0.0675. The Bertz CT molecular complexity index is 699. The highest BCUT2D eigenvalue weighted by molar-refractivity contribution is 7.91. The molecule has 24 heavy (non-hydrogen) atoms. The highest BCUT2D eigenvalue weighted by atomic mass is 32.2. The predicted molar refractivity (Wildman–Crippen MR) is 86.4 cm³/mol. The lowest BCUT2D eigenvalue weighted by Gasteiger charge is -2.44. The highest BCUT2D eigenvalue weighted by Crippen LogP contribution is 2.28. The summed E-state index contributed by atoms with van der Waals surface area (Å²) in [7, 11) is -1.51. The second kappa shape index (κ2) is 7.03. The minimum atomic E-state index is -3.12. The van der Waals surface area contributed by atoms with Crippen molar-refractivity contribution in [2.45, 2.75) is 18.6 Å². The number of sulfone groups is 1. The van der Waals surface area contributed by atoms with Crippen molar-refractivity contribution < 1.29 is 21.9 Å². The second-order valence-electron chi connectivity index (χ2n) is 6.45. The first-order chi connectivity index (χ1) is 11.4. The summed E-state index contributed by atoms with van der Waals surface area (Å²) >= 11 is 0. The zero-order chi connectivity index (χ0) is 17.3. The molecule has 0 spiro atoms. The van der Waals surface area contributed by atoms with Gasteiger partial charge in [-0.25, -0.2) is 17.2 Å². The van der Waals surface area contributed by atoms with Crippen LogP contribution in [0, 0.1) is 11.6 Å². The van der Waals surface area contributed by atoms with Gasteiger partial charge in [-0.15, -0.1) is 0 Å². The maximum Gasteiger partial charge on any atom is 0.153 e. The third kappa shape index (κ3) is 3.77. The number of benzene rings is 1. The molecule has 8 heteroatoms. The number of methoxy groups -OCH3 is 1. The summed E-state index contributed by atoms with van der Waals surface area (Å²) in [6.45, 7) is 2.75. The van der Waals surface area contributed by atoms with E-state index in [0.717, 1.165) is 12.1 Å². The minimum Gasteiger partial charge on any atom is -0.383 e. The van der Waals surface area contributed by atoms with Gasteiger partial charge in [0.1, 0.15) is 11.6 Å². The zero-order valence-corrected chi connectivity index (χ0v) is 14.4. The van der Waals surface area contributed by atoms with Gasteiger partial charge >= 0.3 is 0 Å². The van der Waals surface area contributed by atoms with Gasteiger partial charge in [0.2, 0.25) is 0 Å². The molecule has 5 nitrogen and oxygen atoms in total. The summed E-state index contributed by atoms with van der Waals surface area (Å²) in [5, 5.41) is 0. The van der Waals surface area contributed by atoms with Crippen LogP contribution in [0.2, 0.25) is 0 Å². The van der Waals surface area contributed by atoms with Gasteiger partial charge in [0, 0.05) is 50.9 Å². The number of nitrogens with zero attached hydrogens (tertiary/aromatic N) is 2. The average Bonchev–Trinajstić information content (AvgIpc) is 2.85. The summed E-state index contributed by atoms with van der Waals surface area (Å²) in [6, 6.07) is 3.08. The van der Waals surface area contributed by atoms with Crippen LogP contribution in [0.1, 0.15) is 5.56 Å². The molecule has 2 aliphatic heterocycles. The van der Waals surface area contributed by atoms with E-state index in [0.29, 0.717) is 26.2 Å². The predicted octanol–water partition coefficient (Wildman–Crippen LogP) is 0.894. The fourth-order valence-electron chi connectivity index (χ4n) is 3.66. The number of rotatable bonds is 5. The fraction of sp³-hybridized carbons (Fsp3) is 0.625. The molecular formula is C16H22F2N2O3S. The Balaban J connectivity index is 1.79. The van der Waals surface area contributed by atoms with Crippen LogP contribution in [-0.2, 0) is 21.1 Å². The Morgan fingerprint density at radius 1 is 1.17 bits per heavy atom. The first-order valence-corrected chi connectivity index (χ1v) is 9.83. The maximum atomic E-state index is 13.9. The highest BCUT2D eigenvalue weighted by Gasteiger charge is 2.46. The second-order valence-corrected chi connectivity index (χ2v) is 8.60. The normalized spacial score (nSPS) is 27.3. The van der Waals surface area contributed by atoms with E-state index in [1.54, 1.807) is 7.11 Å². The van der Waals surface area contributed by atoms with E-state index < -0.39 is 21.5 Å². The maximum absolute atomic E-state index is 13.9. The van der Waals surface area contributed by atoms with E-state index in [4.69, 9.17) is 4.74 Å². The van der Waals surface area contributed by atoms with Crippen LogP contribution in [0.4, 0.5) is 8.78 Å². The molecule has 0 unspecified atom stereocenters. The van der Waals surface area contributed by atoms with Gasteiger partial charge in [0.25, 0.3) is 0 Å². The SMILES string of the molecule is COCCN1CCN(Cc2cc(F)ccc2F)[C@H]2CS(=O)(=O)C[C@H]21. The first-order valence-electron chi connectivity index (χ1n) is 8.01. The Kier molecular flexibility index (Phi) is 5.19. The molecule has 0 N–H and O–H groups in total.